The minimum Gasteiger partial charge on any atom is -0.494 e. The molecule has 0 radical (unpaired) electrons. The molecule has 2 aliphatic rings. The molecule has 1 aromatic rings. The van der Waals surface area contributed by atoms with E-state index in [1.165, 1.54) is 4.90 Å². The highest BCUT2D eigenvalue weighted by Crippen LogP contribution is 2.29. The van der Waals surface area contributed by atoms with Gasteiger partial charge in [0.2, 0.25) is 11.8 Å². The zero-order chi connectivity index (χ0) is 18.0. The van der Waals surface area contributed by atoms with E-state index in [4.69, 9.17) is 10.5 Å². The largest absolute Gasteiger partial charge is 0.494 e. The van der Waals surface area contributed by atoms with Gasteiger partial charge in [-0.05, 0) is 57.1 Å². The first-order valence-electron chi connectivity index (χ1n) is 8.64. The second kappa shape index (κ2) is 7.23. The molecule has 2 fully saturated rings. The van der Waals surface area contributed by atoms with Gasteiger partial charge in [-0.25, -0.2) is 4.90 Å². The first-order valence-corrected chi connectivity index (χ1v) is 8.64. The summed E-state index contributed by atoms with van der Waals surface area (Å²) in [7, 11) is 0. The Hall–Kier alpha value is -2.41. The summed E-state index contributed by atoms with van der Waals surface area (Å²) in [5.41, 5.74) is 5.91. The molecule has 3 rings (SSSR count). The number of nitrogens with zero attached hydrogens (tertiary/aromatic N) is 2. The molecular formula is C18H23N3O4. The smallest absolute Gasteiger partial charge is 0.251 e. The Morgan fingerprint density at radius 1 is 1.20 bits per heavy atom. The topological polar surface area (TPSA) is 92.9 Å². The number of primary amides is 1. The van der Waals surface area contributed by atoms with Crippen LogP contribution in [0.2, 0.25) is 0 Å². The first-order chi connectivity index (χ1) is 12.0. The van der Waals surface area contributed by atoms with Crippen LogP contribution in [0.15, 0.2) is 24.3 Å². The summed E-state index contributed by atoms with van der Waals surface area (Å²) in [6.07, 6.45) is 1.44. The van der Waals surface area contributed by atoms with E-state index in [1.54, 1.807) is 24.3 Å². The molecule has 7 heteroatoms. The number of likely N-dealkylation sites (tertiary alicyclic amines) is 1. The van der Waals surface area contributed by atoms with Crippen LogP contribution in [-0.4, -0.2) is 48.4 Å². The fraction of sp³-hybridized carbons (Fsp3) is 0.500. The summed E-state index contributed by atoms with van der Waals surface area (Å²) < 4.78 is 5.39. The van der Waals surface area contributed by atoms with Crippen LogP contribution in [0.4, 0.5) is 5.69 Å². The Kier molecular flexibility index (Phi) is 5.03. The van der Waals surface area contributed by atoms with Gasteiger partial charge >= 0.3 is 0 Å². The normalized spacial score (nSPS) is 22.4. The molecule has 0 aromatic heterocycles. The van der Waals surface area contributed by atoms with Crippen LogP contribution in [0, 0.1) is 5.92 Å². The molecule has 2 N–H and O–H groups in total. The fourth-order valence-corrected chi connectivity index (χ4v) is 3.53. The first kappa shape index (κ1) is 17.4. The molecule has 0 bridgehead atoms. The Bertz CT molecular complexity index is 665. The lowest BCUT2D eigenvalue weighted by Gasteiger charge is -2.33. The van der Waals surface area contributed by atoms with Gasteiger partial charge in [-0.2, -0.15) is 0 Å². The van der Waals surface area contributed by atoms with Gasteiger partial charge in [-0.1, -0.05) is 0 Å². The second-order valence-electron chi connectivity index (χ2n) is 6.43. The Labute approximate surface area is 146 Å². The van der Waals surface area contributed by atoms with Crippen LogP contribution in [-0.2, 0) is 14.4 Å². The summed E-state index contributed by atoms with van der Waals surface area (Å²) in [6.45, 7) is 3.67. The van der Waals surface area contributed by atoms with E-state index < -0.39 is 6.04 Å². The third-order valence-corrected chi connectivity index (χ3v) is 4.90. The zero-order valence-electron chi connectivity index (χ0n) is 14.3. The third-order valence-electron chi connectivity index (χ3n) is 4.90. The van der Waals surface area contributed by atoms with E-state index in [2.05, 4.69) is 0 Å². The third kappa shape index (κ3) is 3.51. The second-order valence-corrected chi connectivity index (χ2v) is 6.43. The molecule has 7 nitrogen and oxygen atoms in total. The van der Waals surface area contributed by atoms with E-state index in [9.17, 15) is 14.4 Å². The number of hydrogen-bond donors (Lipinski definition) is 1. The van der Waals surface area contributed by atoms with Crippen LogP contribution in [0.3, 0.4) is 0 Å². The average Bonchev–Trinajstić information content (AvgIpc) is 2.91. The van der Waals surface area contributed by atoms with Gasteiger partial charge < -0.3 is 10.5 Å². The van der Waals surface area contributed by atoms with E-state index in [0.717, 1.165) is 0 Å². The maximum atomic E-state index is 12.8. The van der Waals surface area contributed by atoms with E-state index in [-0.39, 0.29) is 30.1 Å². The van der Waals surface area contributed by atoms with Gasteiger partial charge in [0.25, 0.3) is 5.91 Å². The number of ether oxygens (including phenoxy) is 1. The standard InChI is InChI=1S/C18H23N3O4/c1-2-25-14-5-3-13(4-6-14)21-16(22)11-15(18(21)24)20-9-7-12(8-10-20)17(19)23/h3-6,12,15H,2,7-11H2,1H3,(H2,19,23). The number of anilines is 1. The maximum absolute atomic E-state index is 12.8. The predicted molar refractivity (Wildman–Crippen MR) is 92.0 cm³/mol. The molecule has 2 saturated heterocycles. The number of carbonyl (C=O) groups is 3. The van der Waals surface area contributed by atoms with Crippen molar-refractivity contribution in [3.05, 3.63) is 24.3 Å². The van der Waals surface area contributed by atoms with Crippen molar-refractivity contribution in [1.29, 1.82) is 0 Å². The quantitative estimate of drug-likeness (QED) is 0.801. The molecule has 3 amide bonds. The number of hydrogen-bond acceptors (Lipinski definition) is 5. The highest BCUT2D eigenvalue weighted by molar-refractivity contribution is 6.22. The zero-order valence-corrected chi connectivity index (χ0v) is 14.3. The van der Waals surface area contributed by atoms with Crippen molar-refractivity contribution >= 4 is 23.4 Å². The molecule has 25 heavy (non-hydrogen) atoms. The number of nitrogens with two attached hydrogens (primary N) is 1. The molecule has 1 aromatic carbocycles. The Morgan fingerprint density at radius 2 is 1.84 bits per heavy atom. The monoisotopic (exact) mass is 345 g/mol. The minimum atomic E-state index is -0.451. The van der Waals surface area contributed by atoms with Gasteiger partial charge in [-0.3, -0.25) is 19.3 Å². The lowest BCUT2D eigenvalue weighted by molar-refractivity contribution is -0.124. The van der Waals surface area contributed by atoms with Gasteiger partial charge in [0.1, 0.15) is 5.75 Å². The molecule has 1 atom stereocenters. The number of piperidine rings is 1. The summed E-state index contributed by atoms with van der Waals surface area (Å²) in [5.74, 6) is -0.117. The van der Waals surface area contributed by atoms with Crippen molar-refractivity contribution in [2.45, 2.75) is 32.2 Å². The highest BCUT2D eigenvalue weighted by Gasteiger charge is 2.43. The van der Waals surface area contributed by atoms with Gasteiger partial charge in [0, 0.05) is 5.92 Å². The SMILES string of the molecule is CCOc1ccc(N2C(=O)CC(N3CCC(C(N)=O)CC3)C2=O)cc1. The fourth-order valence-electron chi connectivity index (χ4n) is 3.53. The van der Waals surface area contributed by atoms with Crippen molar-refractivity contribution in [1.82, 2.24) is 4.90 Å². The van der Waals surface area contributed by atoms with Gasteiger partial charge in [0.05, 0.1) is 24.8 Å². The molecule has 2 heterocycles. The van der Waals surface area contributed by atoms with Crippen LogP contribution >= 0.6 is 0 Å². The summed E-state index contributed by atoms with van der Waals surface area (Å²) >= 11 is 0. The number of amides is 3. The molecule has 2 aliphatic heterocycles. The lowest BCUT2D eigenvalue weighted by Crippen LogP contribution is -2.47. The van der Waals surface area contributed by atoms with Crippen molar-refractivity contribution in [2.75, 3.05) is 24.6 Å². The average molecular weight is 345 g/mol. The Balaban J connectivity index is 1.69. The molecule has 0 spiro atoms. The van der Waals surface area contributed by atoms with E-state index in [1.807, 2.05) is 11.8 Å². The number of rotatable bonds is 5. The van der Waals surface area contributed by atoms with Crippen molar-refractivity contribution in [3.63, 3.8) is 0 Å². The summed E-state index contributed by atoms with van der Waals surface area (Å²) in [5, 5.41) is 0. The van der Waals surface area contributed by atoms with Crippen molar-refractivity contribution in [3.8, 4) is 5.75 Å². The van der Waals surface area contributed by atoms with Crippen LogP contribution in [0.25, 0.3) is 0 Å². The van der Waals surface area contributed by atoms with E-state index >= 15 is 0 Å². The molecule has 1 unspecified atom stereocenters. The lowest BCUT2D eigenvalue weighted by atomic mass is 9.95. The van der Waals surface area contributed by atoms with Crippen LogP contribution in [0.1, 0.15) is 26.2 Å². The van der Waals surface area contributed by atoms with Gasteiger partial charge in [-0.15, -0.1) is 0 Å². The molecule has 0 aliphatic carbocycles. The highest BCUT2D eigenvalue weighted by atomic mass is 16.5. The van der Waals surface area contributed by atoms with E-state index in [0.29, 0.717) is 44.0 Å². The van der Waals surface area contributed by atoms with Crippen LogP contribution < -0.4 is 15.4 Å². The summed E-state index contributed by atoms with van der Waals surface area (Å²) in [4.78, 5) is 39.7. The minimum absolute atomic E-state index is 0.134. The predicted octanol–water partition coefficient (Wildman–Crippen LogP) is 0.914. The maximum Gasteiger partial charge on any atom is 0.251 e. The number of benzene rings is 1. The van der Waals surface area contributed by atoms with Crippen molar-refractivity contribution in [2.24, 2.45) is 11.7 Å². The number of imide groups is 1. The molecular weight excluding hydrogens is 322 g/mol. The summed E-state index contributed by atoms with van der Waals surface area (Å²) in [6, 6.07) is 6.51. The van der Waals surface area contributed by atoms with Crippen molar-refractivity contribution < 1.29 is 19.1 Å². The Morgan fingerprint density at radius 3 is 2.40 bits per heavy atom. The molecule has 134 valence electrons. The van der Waals surface area contributed by atoms with Crippen LogP contribution in [0.5, 0.6) is 5.75 Å². The number of carbonyl (C=O) groups excluding carboxylic acids is 3. The van der Waals surface area contributed by atoms with Gasteiger partial charge in [0.15, 0.2) is 0 Å². The molecule has 0 saturated carbocycles.